The van der Waals surface area contributed by atoms with E-state index < -0.39 is 0 Å². The molecule has 0 heterocycles. The van der Waals surface area contributed by atoms with Crippen LogP contribution in [0.15, 0.2) is 0 Å². The van der Waals surface area contributed by atoms with E-state index in [4.69, 9.17) is 5.73 Å². The summed E-state index contributed by atoms with van der Waals surface area (Å²) in [7, 11) is 3.32. The van der Waals surface area contributed by atoms with Crippen LogP contribution < -0.4 is 5.73 Å². The van der Waals surface area contributed by atoms with E-state index >= 15 is 0 Å². The van der Waals surface area contributed by atoms with Crippen molar-refractivity contribution in [3.8, 4) is 0 Å². The van der Waals surface area contributed by atoms with Gasteiger partial charge >= 0.3 is 0 Å². The zero-order valence-corrected chi connectivity index (χ0v) is 7.70. The first-order valence-electron chi connectivity index (χ1n) is 3.79. The summed E-state index contributed by atoms with van der Waals surface area (Å²) < 4.78 is 0. The lowest BCUT2D eigenvalue weighted by molar-refractivity contribution is -0.125. The first-order chi connectivity index (χ1) is 5.45. The largest absolute Gasteiger partial charge is 0.369 e. The van der Waals surface area contributed by atoms with Gasteiger partial charge in [0.05, 0.1) is 6.42 Å². The number of hydrogen-bond donors (Lipinski definition) is 1. The molecule has 0 aromatic rings. The predicted octanol–water partition coefficient (Wildman–Crippen LogP) is -0.210. The zero-order valence-electron chi connectivity index (χ0n) is 7.70. The number of carbonyl (C=O) groups is 2. The molecule has 4 heteroatoms. The van der Waals surface area contributed by atoms with Gasteiger partial charge in [-0.05, 0) is 6.42 Å². The summed E-state index contributed by atoms with van der Waals surface area (Å²) in [4.78, 5) is 23.0. The Bertz CT molecular complexity index is 178. The molecule has 12 heavy (non-hydrogen) atoms. The molecule has 0 aromatic heterocycles. The van der Waals surface area contributed by atoms with Gasteiger partial charge in [-0.1, -0.05) is 6.92 Å². The number of carbonyl (C=O) groups excluding carboxylic acids is 2. The summed E-state index contributed by atoms with van der Waals surface area (Å²) in [6, 6.07) is 0. The second kappa shape index (κ2) is 4.74. The van der Waals surface area contributed by atoms with Crippen LogP contribution in [0, 0.1) is 12.3 Å². The van der Waals surface area contributed by atoms with Gasteiger partial charge in [-0.25, -0.2) is 0 Å². The molecule has 0 rings (SSSR count). The van der Waals surface area contributed by atoms with Crippen LogP contribution in [-0.4, -0.2) is 30.8 Å². The van der Waals surface area contributed by atoms with Crippen molar-refractivity contribution in [2.75, 3.05) is 14.1 Å². The molecule has 0 aliphatic carbocycles. The molecular weight excluding hydrogens is 156 g/mol. The highest BCUT2D eigenvalue weighted by Crippen LogP contribution is 2.04. The van der Waals surface area contributed by atoms with E-state index in [-0.39, 0.29) is 17.7 Å². The molecule has 0 unspecified atom stereocenters. The molecular formula is C8H15N2O2. The smallest absolute Gasteiger partial charge is 0.225 e. The van der Waals surface area contributed by atoms with Gasteiger partial charge in [-0.15, -0.1) is 0 Å². The van der Waals surface area contributed by atoms with Crippen LogP contribution >= 0.6 is 0 Å². The molecule has 0 aliphatic rings. The summed E-state index contributed by atoms with van der Waals surface area (Å²) in [5.74, 6) is -0.741. The molecule has 1 radical (unpaired) electrons. The third kappa shape index (κ3) is 3.95. The van der Waals surface area contributed by atoms with Crippen LogP contribution in [0.1, 0.15) is 13.3 Å². The third-order valence-electron chi connectivity index (χ3n) is 1.57. The minimum Gasteiger partial charge on any atom is -0.369 e. The number of primary amides is 1. The van der Waals surface area contributed by atoms with Crippen molar-refractivity contribution in [3.05, 3.63) is 6.42 Å². The van der Waals surface area contributed by atoms with Gasteiger partial charge in [0, 0.05) is 20.0 Å². The van der Waals surface area contributed by atoms with E-state index in [9.17, 15) is 9.59 Å². The van der Waals surface area contributed by atoms with Gasteiger partial charge in [0.25, 0.3) is 0 Å². The molecule has 0 spiro atoms. The number of rotatable bonds is 4. The molecule has 69 valence electrons. The first-order valence-corrected chi connectivity index (χ1v) is 3.79. The zero-order chi connectivity index (χ0) is 9.72. The average molecular weight is 171 g/mol. The molecule has 2 amide bonds. The number of hydrogen-bond acceptors (Lipinski definition) is 2. The highest BCUT2D eigenvalue weighted by Gasteiger charge is 2.12. The van der Waals surface area contributed by atoms with Crippen molar-refractivity contribution in [2.45, 2.75) is 13.3 Å². The number of nitrogens with two attached hydrogens (primary N) is 1. The lowest BCUT2D eigenvalue weighted by atomic mass is 10.1. The second-order valence-corrected chi connectivity index (χ2v) is 2.98. The highest BCUT2D eigenvalue weighted by molar-refractivity contribution is 5.85. The first kappa shape index (κ1) is 10.9. The fourth-order valence-corrected chi connectivity index (χ4v) is 0.576. The fraction of sp³-hybridized carbons (Fsp3) is 0.625. The minimum absolute atomic E-state index is 0.0944. The summed E-state index contributed by atoms with van der Waals surface area (Å²) in [6.07, 6.45) is 1.88. The maximum Gasteiger partial charge on any atom is 0.225 e. The van der Waals surface area contributed by atoms with Crippen LogP contribution in [-0.2, 0) is 9.59 Å². The van der Waals surface area contributed by atoms with Gasteiger partial charge in [0.2, 0.25) is 11.8 Å². The Balaban J connectivity index is 3.69. The monoisotopic (exact) mass is 171 g/mol. The molecule has 0 aliphatic heterocycles. The summed E-state index contributed by atoms with van der Waals surface area (Å²) in [5.41, 5.74) is 5.01. The topological polar surface area (TPSA) is 63.4 Å². The molecule has 0 fully saturated rings. The van der Waals surface area contributed by atoms with E-state index in [2.05, 4.69) is 0 Å². The quantitative estimate of drug-likeness (QED) is 0.636. The van der Waals surface area contributed by atoms with Crippen molar-refractivity contribution in [2.24, 2.45) is 11.7 Å². The molecule has 1 atom stereocenters. The van der Waals surface area contributed by atoms with Crippen molar-refractivity contribution < 1.29 is 9.59 Å². The van der Waals surface area contributed by atoms with Crippen LogP contribution in [0.2, 0.25) is 0 Å². The van der Waals surface area contributed by atoms with E-state index in [1.165, 1.54) is 11.3 Å². The third-order valence-corrected chi connectivity index (χ3v) is 1.57. The maximum absolute atomic E-state index is 11.0. The Labute approximate surface area is 72.7 Å². The van der Waals surface area contributed by atoms with Crippen molar-refractivity contribution in [1.82, 2.24) is 4.90 Å². The Morgan fingerprint density at radius 1 is 1.50 bits per heavy atom. The van der Waals surface area contributed by atoms with Gasteiger partial charge in [0.15, 0.2) is 0 Å². The standard InChI is InChI=1S/C8H15N2O2/c1-6(8(9)12)4-5-7(11)10(2)3/h5-6H,4H2,1-3H3,(H2,9,12)/t6-/m1/s1. The van der Waals surface area contributed by atoms with Crippen LogP contribution in [0.5, 0.6) is 0 Å². The predicted molar refractivity (Wildman–Crippen MR) is 46.0 cm³/mol. The fourth-order valence-electron chi connectivity index (χ4n) is 0.576. The minimum atomic E-state index is -0.377. The van der Waals surface area contributed by atoms with Gasteiger partial charge < -0.3 is 10.6 Å². The molecule has 0 saturated heterocycles. The van der Waals surface area contributed by atoms with Gasteiger partial charge in [-0.2, -0.15) is 0 Å². The van der Waals surface area contributed by atoms with E-state index in [1.54, 1.807) is 21.0 Å². The van der Waals surface area contributed by atoms with E-state index in [0.717, 1.165) is 0 Å². The lowest BCUT2D eigenvalue weighted by Crippen LogP contribution is -2.26. The second-order valence-electron chi connectivity index (χ2n) is 2.98. The molecule has 0 bridgehead atoms. The van der Waals surface area contributed by atoms with Gasteiger partial charge in [0.1, 0.15) is 0 Å². The van der Waals surface area contributed by atoms with Crippen molar-refractivity contribution in [3.63, 3.8) is 0 Å². The Kier molecular flexibility index (Phi) is 4.33. The van der Waals surface area contributed by atoms with Crippen molar-refractivity contribution in [1.29, 1.82) is 0 Å². The maximum atomic E-state index is 11.0. The van der Waals surface area contributed by atoms with Gasteiger partial charge in [-0.3, -0.25) is 9.59 Å². The molecule has 0 saturated carbocycles. The van der Waals surface area contributed by atoms with Crippen LogP contribution in [0.4, 0.5) is 0 Å². The Hall–Kier alpha value is -1.06. The lowest BCUT2D eigenvalue weighted by Gasteiger charge is -2.11. The summed E-state index contributed by atoms with van der Waals surface area (Å²) in [5, 5.41) is 0. The Morgan fingerprint density at radius 3 is 2.33 bits per heavy atom. The van der Waals surface area contributed by atoms with Crippen LogP contribution in [0.25, 0.3) is 0 Å². The van der Waals surface area contributed by atoms with Crippen LogP contribution in [0.3, 0.4) is 0 Å². The Morgan fingerprint density at radius 2 is 2.00 bits per heavy atom. The van der Waals surface area contributed by atoms with E-state index in [0.29, 0.717) is 6.42 Å². The normalized spacial score (nSPS) is 12.2. The number of nitrogens with zero attached hydrogens (tertiary/aromatic N) is 1. The highest BCUT2D eigenvalue weighted by atomic mass is 16.2. The molecule has 4 nitrogen and oxygen atoms in total. The molecule has 2 N–H and O–H groups in total. The van der Waals surface area contributed by atoms with E-state index in [1.807, 2.05) is 0 Å². The summed E-state index contributed by atoms with van der Waals surface area (Å²) in [6.45, 7) is 1.70. The molecule has 0 aromatic carbocycles. The summed E-state index contributed by atoms with van der Waals surface area (Å²) >= 11 is 0. The number of amides is 2. The van der Waals surface area contributed by atoms with Crippen molar-refractivity contribution >= 4 is 11.8 Å². The SMILES string of the molecule is C[C@H](C[CH]C(=O)N(C)C)C(N)=O. The average Bonchev–Trinajstić information content (AvgIpc) is 1.98.